The molecule has 3 heterocycles. The summed E-state index contributed by atoms with van der Waals surface area (Å²) in [6.45, 7) is 9.36. The second-order valence-electron chi connectivity index (χ2n) is 8.60. The third-order valence-corrected chi connectivity index (χ3v) is 8.00. The molecule has 3 aliphatic heterocycles. The van der Waals surface area contributed by atoms with Crippen molar-refractivity contribution in [1.29, 1.82) is 0 Å². The second-order valence-corrected chi connectivity index (χ2v) is 10.5. The minimum atomic E-state index is -3.57. The Hall–Kier alpha value is -1.68. The molecule has 160 valence electrons. The standard InChI is InChI=1S/C20H30N4O4S/c1-20(2)16-23(29(26,27)18-6-4-3-5-7-18)15-17-14-22(8-9-24(17)20)19(25)21-10-12-28-13-11-21/h3-7,17H,8-16H2,1-2H3/t17-/m0/s1. The minimum absolute atomic E-state index is 0.0176. The largest absolute Gasteiger partial charge is 0.378 e. The number of rotatable bonds is 2. The molecule has 1 atom stereocenters. The molecule has 9 heteroatoms. The van der Waals surface area contributed by atoms with Crippen LogP contribution < -0.4 is 0 Å². The van der Waals surface area contributed by atoms with Crippen molar-refractivity contribution < 1.29 is 17.9 Å². The maximum atomic E-state index is 13.2. The van der Waals surface area contributed by atoms with Crippen molar-refractivity contribution in [1.82, 2.24) is 19.0 Å². The summed E-state index contributed by atoms with van der Waals surface area (Å²) in [6, 6.07) is 8.62. The molecule has 0 spiro atoms. The number of amides is 2. The van der Waals surface area contributed by atoms with Crippen molar-refractivity contribution in [2.24, 2.45) is 0 Å². The summed E-state index contributed by atoms with van der Waals surface area (Å²) in [7, 11) is -3.57. The fraction of sp³-hybridized carbons (Fsp3) is 0.650. The summed E-state index contributed by atoms with van der Waals surface area (Å²) in [4.78, 5) is 19.3. The van der Waals surface area contributed by atoms with Gasteiger partial charge in [-0.2, -0.15) is 4.31 Å². The van der Waals surface area contributed by atoms with Gasteiger partial charge in [0.05, 0.1) is 18.1 Å². The van der Waals surface area contributed by atoms with E-state index in [1.54, 1.807) is 28.6 Å². The number of hydrogen-bond acceptors (Lipinski definition) is 5. The maximum Gasteiger partial charge on any atom is 0.320 e. The van der Waals surface area contributed by atoms with Gasteiger partial charge in [-0.1, -0.05) is 18.2 Å². The highest BCUT2D eigenvalue weighted by atomic mass is 32.2. The number of nitrogens with zero attached hydrogens (tertiary/aromatic N) is 4. The van der Waals surface area contributed by atoms with Crippen LogP contribution in [0.25, 0.3) is 0 Å². The van der Waals surface area contributed by atoms with Crippen LogP contribution in [0.5, 0.6) is 0 Å². The Morgan fingerprint density at radius 2 is 1.69 bits per heavy atom. The van der Waals surface area contributed by atoms with E-state index in [9.17, 15) is 13.2 Å². The van der Waals surface area contributed by atoms with Gasteiger partial charge in [-0.25, -0.2) is 13.2 Å². The van der Waals surface area contributed by atoms with E-state index >= 15 is 0 Å². The summed E-state index contributed by atoms with van der Waals surface area (Å²) in [5.74, 6) is 0. The van der Waals surface area contributed by atoms with Crippen molar-refractivity contribution in [2.75, 3.05) is 59.0 Å². The number of morpholine rings is 1. The molecular weight excluding hydrogens is 392 g/mol. The van der Waals surface area contributed by atoms with Gasteiger partial charge in [0.25, 0.3) is 0 Å². The predicted molar refractivity (Wildman–Crippen MR) is 109 cm³/mol. The van der Waals surface area contributed by atoms with Crippen LogP contribution in [0.3, 0.4) is 0 Å². The van der Waals surface area contributed by atoms with Crippen molar-refractivity contribution >= 4 is 16.1 Å². The molecule has 0 unspecified atom stereocenters. The zero-order valence-electron chi connectivity index (χ0n) is 17.2. The van der Waals surface area contributed by atoms with Crippen LogP contribution in [0.2, 0.25) is 0 Å². The first-order chi connectivity index (χ1) is 13.8. The quantitative estimate of drug-likeness (QED) is 0.708. The van der Waals surface area contributed by atoms with E-state index in [0.717, 1.165) is 6.54 Å². The number of fused-ring (bicyclic) bond motifs is 1. The van der Waals surface area contributed by atoms with Crippen molar-refractivity contribution in [2.45, 2.75) is 30.3 Å². The number of sulfonamides is 1. The predicted octanol–water partition coefficient (Wildman–Crippen LogP) is 0.908. The highest BCUT2D eigenvalue weighted by Gasteiger charge is 2.46. The van der Waals surface area contributed by atoms with Crippen LogP contribution in [-0.2, 0) is 14.8 Å². The van der Waals surface area contributed by atoms with Crippen LogP contribution in [0.1, 0.15) is 13.8 Å². The zero-order chi connectivity index (χ0) is 20.6. The first-order valence-corrected chi connectivity index (χ1v) is 11.7. The fourth-order valence-electron chi connectivity index (χ4n) is 4.68. The van der Waals surface area contributed by atoms with E-state index in [-0.39, 0.29) is 17.6 Å². The van der Waals surface area contributed by atoms with E-state index in [0.29, 0.717) is 57.4 Å². The fourth-order valence-corrected chi connectivity index (χ4v) is 6.34. The van der Waals surface area contributed by atoms with Gasteiger partial charge in [-0.3, -0.25) is 4.90 Å². The molecule has 2 amide bonds. The average Bonchev–Trinajstić information content (AvgIpc) is 2.73. The third kappa shape index (κ3) is 4.01. The molecule has 0 bridgehead atoms. The summed E-state index contributed by atoms with van der Waals surface area (Å²) < 4.78 is 33.4. The Morgan fingerprint density at radius 1 is 1.00 bits per heavy atom. The molecule has 3 aliphatic rings. The lowest BCUT2D eigenvalue weighted by atomic mass is 9.94. The van der Waals surface area contributed by atoms with Crippen molar-refractivity contribution in [3.63, 3.8) is 0 Å². The molecule has 3 saturated heterocycles. The number of benzene rings is 1. The Bertz CT molecular complexity index is 839. The Balaban J connectivity index is 1.52. The van der Waals surface area contributed by atoms with Gasteiger partial charge in [0.1, 0.15) is 0 Å². The zero-order valence-corrected chi connectivity index (χ0v) is 18.0. The maximum absolute atomic E-state index is 13.2. The van der Waals surface area contributed by atoms with Gasteiger partial charge in [-0.15, -0.1) is 0 Å². The van der Waals surface area contributed by atoms with Crippen molar-refractivity contribution in [3.05, 3.63) is 30.3 Å². The molecule has 0 aromatic heterocycles. The van der Waals surface area contributed by atoms with E-state index < -0.39 is 10.0 Å². The van der Waals surface area contributed by atoms with Crippen LogP contribution in [0.4, 0.5) is 4.79 Å². The van der Waals surface area contributed by atoms with Crippen LogP contribution in [0, 0.1) is 0 Å². The summed E-state index contributed by atoms with van der Waals surface area (Å²) in [5, 5.41) is 0. The number of carbonyl (C=O) groups excluding carboxylic acids is 1. The second kappa shape index (κ2) is 7.86. The number of urea groups is 1. The van der Waals surface area contributed by atoms with Gasteiger partial charge >= 0.3 is 6.03 Å². The van der Waals surface area contributed by atoms with Gasteiger partial charge in [0, 0.05) is 57.4 Å². The molecule has 0 radical (unpaired) electrons. The molecule has 4 rings (SSSR count). The van der Waals surface area contributed by atoms with E-state index in [1.807, 2.05) is 15.9 Å². The number of hydrogen-bond donors (Lipinski definition) is 0. The minimum Gasteiger partial charge on any atom is -0.378 e. The van der Waals surface area contributed by atoms with Gasteiger partial charge in [-0.05, 0) is 26.0 Å². The Morgan fingerprint density at radius 3 is 2.38 bits per heavy atom. The van der Waals surface area contributed by atoms with E-state index in [4.69, 9.17) is 4.74 Å². The summed E-state index contributed by atoms with van der Waals surface area (Å²) in [5.41, 5.74) is -0.293. The Labute approximate surface area is 173 Å². The molecule has 3 fully saturated rings. The van der Waals surface area contributed by atoms with Crippen LogP contribution >= 0.6 is 0 Å². The molecule has 1 aromatic rings. The number of ether oxygens (including phenoxy) is 1. The molecular formula is C20H30N4O4S. The SMILES string of the molecule is CC1(C)CN(S(=O)(=O)c2ccccc2)C[C@@H]2CN(C(=O)N3CCOCC3)CCN21. The lowest BCUT2D eigenvalue weighted by Crippen LogP contribution is -2.71. The van der Waals surface area contributed by atoms with E-state index in [2.05, 4.69) is 18.7 Å². The van der Waals surface area contributed by atoms with Gasteiger partial charge in [0.15, 0.2) is 0 Å². The van der Waals surface area contributed by atoms with Crippen LogP contribution in [-0.4, -0.2) is 104 Å². The molecule has 0 aliphatic carbocycles. The first-order valence-electron chi connectivity index (χ1n) is 10.2. The Kier molecular flexibility index (Phi) is 5.58. The number of carbonyl (C=O) groups is 1. The molecule has 1 aromatic carbocycles. The topological polar surface area (TPSA) is 73.4 Å². The lowest BCUT2D eigenvalue weighted by Gasteiger charge is -2.55. The number of piperazine rings is 2. The molecule has 8 nitrogen and oxygen atoms in total. The van der Waals surface area contributed by atoms with Crippen LogP contribution in [0.15, 0.2) is 35.2 Å². The first kappa shape index (κ1) is 20.6. The lowest BCUT2D eigenvalue weighted by molar-refractivity contribution is -0.0395. The van der Waals surface area contributed by atoms with Gasteiger partial charge in [0.2, 0.25) is 10.0 Å². The smallest absolute Gasteiger partial charge is 0.320 e. The average molecular weight is 423 g/mol. The molecule has 0 N–H and O–H groups in total. The van der Waals surface area contributed by atoms with E-state index in [1.165, 1.54) is 0 Å². The molecule has 0 saturated carbocycles. The highest BCUT2D eigenvalue weighted by Crippen LogP contribution is 2.31. The third-order valence-electron chi connectivity index (χ3n) is 6.17. The highest BCUT2D eigenvalue weighted by molar-refractivity contribution is 7.89. The van der Waals surface area contributed by atoms with Gasteiger partial charge < -0.3 is 14.5 Å². The van der Waals surface area contributed by atoms with Crippen molar-refractivity contribution in [3.8, 4) is 0 Å². The normalized spacial score (nSPS) is 26.2. The summed E-state index contributed by atoms with van der Waals surface area (Å²) in [6.07, 6.45) is 0. The summed E-state index contributed by atoms with van der Waals surface area (Å²) >= 11 is 0. The monoisotopic (exact) mass is 422 g/mol. The molecule has 29 heavy (non-hydrogen) atoms.